The number of hydrogen-bond acceptors (Lipinski definition) is 3. The molecule has 1 saturated heterocycles. The second-order valence-electron chi connectivity index (χ2n) is 3.78. The summed E-state index contributed by atoms with van der Waals surface area (Å²) in [5.74, 6) is -0.284. The van der Waals surface area contributed by atoms with Gasteiger partial charge in [-0.25, -0.2) is 0 Å². The molecule has 0 saturated carbocycles. The molecule has 1 atom stereocenters. The Labute approximate surface area is 112 Å². The summed E-state index contributed by atoms with van der Waals surface area (Å²) in [7, 11) is 0. The first-order valence-electron chi connectivity index (χ1n) is 5.26. The minimum absolute atomic E-state index is 0.0700. The lowest BCUT2D eigenvalue weighted by Crippen LogP contribution is -2.43. The van der Waals surface area contributed by atoms with E-state index in [9.17, 15) is 9.59 Å². The van der Waals surface area contributed by atoms with Gasteiger partial charge in [-0.05, 0) is 53.3 Å². The molecule has 0 bridgehead atoms. The Bertz CT molecular complexity index is 433. The van der Waals surface area contributed by atoms with Gasteiger partial charge < -0.3 is 5.32 Å². The van der Waals surface area contributed by atoms with Crippen molar-refractivity contribution in [2.24, 2.45) is 0 Å². The molecule has 0 aromatic heterocycles. The predicted molar refractivity (Wildman–Crippen MR) is 72.1 cm³/mol. The molecule has 90 valence electrons. The third kappa shape index (κ3) is 3.32. The minimum atomic E-state index is -0.418. The number of hydrazine groups is 1. The maximum Gasteiger partial charge on any atom is 0.260 e. The number of carbonyl (C=O) groups excluding carboxylic acids is 2. The Kier molecular flexibility index (Phi) is 3.82. The smallest absolute Gasteiger partial charge is 0.260 e. The van der Waals surface area contributed by atoms with Crippen LogP contribution in [-0.2, 0) is 9.59 Å². The molecule has 0 radical (unpaired) electrons. The maximum atomic E-state index is 11.6. The summed E-state index contributed by atoms with van der Waals surface area (Å²) in [5.41, 5.74) is 6.19. The van der Waals surface area contributed by atoms with E-state index >= 15 is 0 Å². The fraction of sp³-hybridized carbons (Fsp3) is 0.273. The highest BCUT2D eigenvalue weighted by atomic mass is 127. The number of benzene rings is 1. The molecule has 2 rings (SSSR count). The van der Waals surface area contributed by atoms with Crippen LogP contribution in [0.25, 0.3) is 0 Å². The molecule has 3 N–H and O–H groups in total. The summed E-state index contributed by atoms with van der Waals surface area (Å²) in [6.07, 6.45) is 0.973. The van der Waals surface area contributed by atoms with Gasteiger partial charge in [0, 0.05) is 9.99 Å². The second kappa shape index (κ2) is 5.35. The summed E-state index contributed by atoms with van der Waals surface area (Å²) >= 11 is 2.21. The van der Waals surface area contributed by atoms with Crippen molar-refractivity contribution in [3.8, 4) is 0 Å². The first-order chi connectivity index (χ1) is 8.15. The van der Waals surface area contributed by atoms with Crippen LogP contribution in [0.1, 0.15) is 12.8 Å². The quantitative estimate of drug-likeness (QED) is 0.566. The molecule has 1 aromatic rings. The monoisotopic (exact) mass is 345 g/mol. The second-order valence-corrected chi connectivity index (χ2v) is 5.03. The molecule has 1 aliphatic rings. The maximum absolute atomic E-state index is 11.6. The van der Waals surface area contributed by atoms with Gasteiger partial charge >= 0.3 is 0 Å². The van der Waals surface area contributed by atoms with Crippen LogP contribution < -0.4 is 16.2 Å². The van der Waals surface area contributed by atoms with Crippen LogP contribution in [0.4, 0.5) is 5.69 Å². The Morgan fingerprint density at radius 3 is 2.65 bits per heavy atom. The topological polar surface area (TPSA) is 70.2 Å². The third-order valence-corrected chi connectivity index (χ3v) is 3.21. The largest absolute Gasteiger partial charge is 0.344 e. The molecule has 17 heavy (non-hydrogen) atoms. The van der Waals surface area contributed by atoms with E-state index in [1.807, 2.05) is 24.3 Å². The van der Waals surface area contributed by atoms with E-state index in [1.54, 1.807) is 0 Å². The zero-order chi connectivity index (χ0) is 12.3. The van der Waals surface area contributed by atoms with Crippen molar-refractivity contribution in [2.75, 3.05) is 5.43 Å². The van der Waals surface area contributed by atoms with Crippen molar-refractivity contribution >= 4 is 40.1 Å². The zero-order valence-corrected chi connectivity index (χ0v) is 11.2. The van der Waals surface area contributed by atoms with Crippen LogP contribution in [0.3, 0.4) is 0 Å². The van der Waals surface area contributed by atoms with Crippen LogP contribution in [-0.4, -0.2) is 17.9 Å². The van der Waals surface area contributed by atoms with Crippen LogP contribution in [0.5, 0.6) is 0 Å². The number of carbonyl (C=O) groups is 2. The highest BCUT2D eigenvalue weighted by Gasteiger charge is 2.26. The summed E-state index contributed by atoms with van der Waals surface area (Å²) in [6, 6.07) is 7.20. The predicted octanol–water partition coefficient (Wildman–Crippen LogP) is 1.01. The first-order valence-corrected chi connectivity index (χ1v) is 6.34. The Morgan fingerprint density at radius 2 is 2.06 bits per heavy atom. The Balaban J connectivity index is 1.84. The zero-order valence-electron chi connectivity index (χ0n) is 9.00. The summed E-state index contributed by atoms with van der Waals surface area (Å²) < 4.78 is 1.13. The van der Waals surface area contributed by atoms with Gasteiger partial charge in [-0.1, -0.05) is 0 Å². The van der Waals surface area contributed by atoms with Crippen molar-refractivity contribution < 1.29 is 9.59 Å². The lowest BCUT2D eigenvalue weighted by Gasteiger charge is -2.12. The molecule has 1 unspecified atom stereocenters. The van der Waals surface area contributed by atoms with E-state index < -0.39 is 6.04 Å². The van der Waals surface area contributed by atoms with Crippen LogP contribution in [0, 0.1) is 3.57 Å². The van der Waals surface area contributed by atoms with E-state index in [0.29, 0.717) is 12.8 Å². The average Bonchev–Trinajstić information content (AvgIpc) is 2.75. The standard InChI is InChI=1S/C11H12IN3O2/c12-7-1-3-8(4-2-7)14-15-11(17)9-5-6-10(16)13-9/h1-4,9,14H,5-6H2,(H,13,16)(H,15,17). The molecule has 1 fully saturated rings. The number of hydrogen-bond donors (Lipinski definition) is 3. The fourth-order valence-corrected chi connectivity index (χ4v) is 1.92. The number of anilines is 1. The van der Waals surface area contributed by atoms with Gasteiger partial charge in [0.1, 0.15) is 6.04 Å². The first kappa shape index (κ1) is 12.2. The molecule has 0 aliphatic carbocycles. The molecular weight excluding hydrogens is 333 g/mol. The third-order valence-electron chi connectivity index (χ3n) is 2.49. The van der Waals surface area contributed by atoms with E-state index in [1.165, 1.54) is 0 Å². The minimum Gasteiger partial charge on any atom is -0.344 e. The van der Waals surface area contributed by atoms with Crippen molar-refractivity contribution in [3.05, 3.63) is 27.8 Å². The lowest BCUT2D eigenvalue weighted by atomic mass is 10.2. The summed E-state index contributed by atoms with van der Waals surface area (Å²) in [4.78, 5) is 22.6. The van der Waals surface area contributed by atoms with Crippen molar-refractivity contribution in [1.82, 2.24) is 10.7 Å². The fourth-order valence-electron chi connectivity index (χ4n) is 1.56. The highest BCUT2D eigenvalue weighted by Crippen LogP contribution is 2.10. The average molecular weight is 345 g/mol. The van der Waals surface area contributed by atoms with E-state index in [2.05, 4.69) is 38.8 Å². The molecular formula is C11H12IN3O2. The molecule has 0 spiro atoms. The number of halogens is 1. The number of rotatable bonds is 3. The van der Waals surface area contributed by atoms with Gasteiger partial charge in [-0.15, -0.1) is 0 Å². The summed E-state index contributed by atoms with van der Waals surface area (Å²) in [5, 5.41) is 2.61. The highest BCUT2D eigenvalue weighted by molar-refractivity contribution is 14.1. The normalized spacial score (nSPS) is 18.6. The van der Waals surface area contributed by atoms with Gasteiger partial charge in [-0.3, -0.25) is 20.4 Å². The van der Waals surface area contributed by atoms with Crippen LogP contribution in [0.2, 0.25) is 0 Å². The summed E-state index contributed by atoms with van der Waals surface area (Å²) in [6.45, 7) is 0. The van der Waals surface area contributed by atoms with Gasteiger partial charge in [0.2, 0.25) is 5.91 Å². The Hall–Kier alpha value is -1.31. The lowest BCUT2D eigenvalue weighted by molar-refractivity contribution is -0.125. The number of amides is 2. The Morgan fingerprint density at radius 1 is 1.35 bits per heavy atom. The van der Waals surface area contributed by atoms with E-state index in [-0.39, 0.29) is 11.8 Å². The van der Waals surface area contributed by atoms with Gasteiger partial charge in [0.05, 0.1) is 5.69 Å². The van der Waals surface area contributed by atoms with Crippen molar-refractivity contribution in [2.45, 2.75) is 18.9 Å². The van der Waals surface area contributed by atoms with Crippen molar-refractivity contribution in [1.29, 1.82) is 0 Å². The van der Waals surface area contributed by atoms with Crippen molar-refractivity contribution in [3.63, 3.8) is 0 Å². The van der Waals surface area contributed by atoms with Gasteiger partial charge in [0.15, 0.2) is 0 Å². The number of nitrogens with one attached hydrogen (secondary N) is 3. The van der Waals surface area contributed by atoms with Gasteiger partial charge in [0.25, 0.3) is 5.91 Å². The molecule has 1 aliphatic heterocycles. The molecule has 1 heterocycles. The van der Waals surface area contributed by atoms with E-state index in [4.69, 9.17) is 0 Å². The van der Waals surface area contributed by atoms with Crippen LogP contribution >= 0.6 is 22.6 Å². The molecule has 1 aromatic carbocycles. The SMILES string of the molecule is O=C1CCC(C(=O)NNc2ccc(I)cc2)N1. The molecule has 6 heteroatoms. The van der Waals surface area contributed by atoms with Gasteiger partial charge in [-0.2, -0.15) is 0 Å². The molecule has 2 amide bonds. The molecule has 5 nitrogen and oxygen atoms in total. The van der Waals surface area contributed by atoms with Crippen LogP contribution in [0.15, 0.2) is 24.3 Å². The van der Waals surface area contributed by atoms with E-state index in [0.717, 1.165) is 9.26 Å².